The minimum atomic E-state index is -4.32. The number of rotatable bonds is 5. The number of para-hydroxylation sites is 1. The molecule has 4 aromatic carbocycles. The Hall–Kier alpha value is -3.68. The molecular formula is C32H28F3N3S. The Morgan fingerprint density at radius 1 is 0.590 bits per heavy atom. The zero-order chi connectivity index (χ0) is 26.8. The van der Waals surface area contributed by atoms with Gasteiger partial charge in [-0.3, -0.25) is 9.21 Å². The summed E-state index contributed by atoms with van der Waals surface area (Å²) in [5.41, 5.74) is 5.01. The Balaban J connectivity index is 1.34. The summed E-state index contributed by atoms with van der Waals surface area (Å²) in [5.74, 6) is 0. The fourth-order valence-corrected chi connectivity index (χ4v) is 6.64. The van der Waals surface area contributed by atoms with Gasteiger partial charge in [-0.05, 0) is 59.5 Å². The van der Waals surface area contributed by atoms with Gasteiger partial charge in [-0.25, -0.2) is 0 Å². The van der Waals surface area contributed by atoms with Crippen LogP contribution < -0.4 is 9.21 Å². The molecule has 1 unspecified atom stereocenters. The van der Waals surface area contributed by atoms with Crippen molar-refractivity contribution in [1.82, 2.24) is 4.90 Å². The molecule has 1 saturated heterocycles. The van der Waals surface area contributed by atoms with Crippen LogP contribution in [0.3, 0.4) is 0 Å². The number of halogens is 3. The number of nitrogens with zero attached hydrogens (tertiary/aromatic N) is 3. The van der Waals surface area contributed by atoms with Gasteiger partial charge in [0, 0.05) is 48.0 Å². The Labute approximate surface area is 231 Å². The maximum absolute atomic E-state index is 13.1. The van der Waals surface area contributed by atoms with Crippen LogP contribution in [0.15, 0.2) is 115 Å². The van der Waals surface area contributed by atoms with E-state index < -0.39 is 11.7 Å². The molecule has 0 radical (unpaired) electrons. The minimum Gasteiger partial charge on any atom is -0.369 e. The second-order valence-electron chi connectivity index (χ2n) is 9.67. The first kappa shape index (κ1) is 25.6. The van der Waals surface area contributed by atoms with E-state index in [1.807, 2.05) is 18.2 Å². The van der Waals surface area contributed by atoms with Gasteiger partial charge in [0.2, 0.25) is 0 Å². The summed E-state index contributed by atoms with van der Waals surface area (Å²) >= 11 is 1.77. The van der Waals surface area contributed by atoms with E-state index in [1.54, 1.807) is 24.1 Å². The normalized spacial score (nSPS) is 18.6. The molecule has 6 rings (SSSR count). The van der Waals surface area contributed by atoms with Crippen molar-refractivity contribution >= 4 is 33.8 Å². The largest absolute Gasteiger partial charge is 0.416 e. The van der Waals surface area contributed by atoms with Crippen molar-refractivity contribution < 1.29 is 13.2 Å². The van der Waals surface area contributed by atoms with E-state index in [0.717, 1.165) is 37.6 Å². The van der Waals surface area contributed by atoms with Gasteiger partial charge >= 0.3 is 6.18 Å². The average Bonchev–Trinajstić information content (AvgIpc) is 3.39. The molecule has 198 valence electrons. The zero-order valence-electron chi connectivity index (χ0n) is 21.3. The second kappa shape index (κ2) is 10.8. The summed E-state index contributed by atoms with van der Waals surface area (Å²) < 4.78 is 41.6. The summed E-state index contributed by atoms with van der Waals surface area (Å²) in [6, 6.07) is 37.1. The maximum Gasteiger partial charge on any atom is 0.416 e. The molecule has 0 aromatic heterocycles. The average molecular weight is 544 g/mol. The van der Waals surface area contributed by atoms with Crippen LogP contribution in [0.2, 0.25) is 0 Å². The number of hydrogen-bond donors (Lipinski definition) is 0. The summed E-state index contributed by atoms with van der Waals surface area (Å²) in [6.07, 6.45) is -4.32. The van der Waals surface area contributed by atoms with Crippen molar-refractivity contribution in [3.05, 3.63) is 132 Å². The molecule has 0 N–H and O–H groups in total. The Morgan fingerprint density at radius 2 is 1.13 bits per heavy atom. The quantitative estimate of drug-likeness (QED) is 0.237. The SMILES string of the molecule is FC(F)(F)c1ccc(N2CCN(C3C(c4ccccc4)=C(c4ccccc4)SN3c3ccccc3)CC2)cc1. The van der Waals surface area contributed by atoms with E-state index >= 15 is 0 Å². The fourth-order valence-electron chi connectivity index (χ4n) is 5.31. The third-order valence-corrected chi connectivity index (χ3v) is 8.51. The van der Waals surface area contributed by atoms with Crippen LogP contribution in [-0.2, 0) is 6.18 Å². The first-order valence-corrected chi connectivity index (χ1v) is 13.8. The summed E-state index contributed by atoms with van der Waals surface area (Å²) in [5, 5.41) is 0. The number of hydrogen-bond acceptors (Lipinski definition) is 4. The zero-order valence-corrected chi connectivity index (χ0v) is 22.1. The predicted octanol–water partition coefficient (Wildman–Crippen LogP) is 7.89. The van der Waals surface area contributed by atoms with E-state index in [1.165, 1.54) is 33.7 Å². The molecule has 0 spiro atoms. The van der Waals surface area contributed by atoms with Crippen LogP contribution in [0.4, 0.5) is 24.5 Å². The lowest BCUT2D eigenvalue weighted by Crippen LogP contribution is -2.54. The van der Waals surface area contributed by atoms with Crippen LogP contribution in [0, 0.1) is 0 Å². The van der Waals surface area contributed by atoms with Crippen molar-refractivity contribution in [2.45, 2.75) is 12.3 Å². The first-order chi connectivity index (χ1) is 19.0. The molecule has 1 fully saturated rings. The maximum atomic E-state index is 13.1. The van der Waals surface area contributed by atoms with Crippen LogP contribution in [0.25, 0.3) is 10.5 Å². The highest BCUT2D eigenvalue weighted by molar-refractivity contribution is 8.10. The van der Waals surface area contributed by atoms with Crippen LogP contribution >= 0.6 is 11.9 Å². The van der Waals surface area contributed by atoms with Gasteiger partial charge in [0.1, 0.15) is 6.17 Å². The molecule has 4 aromatic rings. The molecule has 0 saturated carbocycles. The van der Waals surface area contributed by atoms with E-state index in [2.05, 4.69) is 86.9 Å². The molecular weight excluding hydrogens is 515 g/mol. The Morgan fingerprint density at radius 3 is 1.69 bits per heavy atom. The van der Waals surface area contributed by atoms with Crippen LogP contribution in [-0.4, -0.2) is 37.2 Å². The van der Waals surface area contributed by atoms with Crippen molar-refractivity contribution in [1.29, 1.82) is 0 Å². The summed E-state index contributed by atoms with van der Waals surface area (Å²) in [6.45, 7) is 3.04. The lowest BCUT2D eigenvalue weighted by Gasteiger charge is -2.43. The van der Waals surface area contributed by atoms with Crippen molar-refractivity contribution in [2.75, 3.05) is 35.4 Å². The van der Waals surface area contributed by atoms with E-state index in [-0.39, 0.29) is 6.17 Å². The highest BCUT2D eigenvalue weighted by Gasteiger charge is 2.40. The molecule has 7 heteroatoms. The molecule has 3 nitrogen and oxygen atoms in total. The number of alkyl halides is 3. The first-order valence-electron chi connectivity index (χ1n) is 13.0. The molecule has 1 atom stereocenters. The highest BCUT2D eigenvalue weighted by atomic mass is 32.2. The van der Waals surface area contributed by atoms with Gasteiger partial charge < -0.3 is 4.90 Å². The minimum absolute atomic E-state index is 0.00441. The Kier molecular flexibility index (Phi) is 7.11. The smallest absolute Gasteiger partial charge is 0.369 e. The molecule has 0 bridgehead atoms. The third-order valence-electron chi connectivity index (χ3n) is 7.27. The number of benzene rings is 4. The monoisotopic (exact) mass is 543 g/mol. The van der Waals surface area contributed by atoms with E-state index in [0.29, 0.717) is 0 Å². The summed E-state index contributed by atoms with van der Waals surface area (Å²) in [7, 11) is 0. The molecule has 2 aliphatic heterocycles. The van der Waals surface area contributed by atoms with Crippen molar-refractivity contribution in [3.63, 3.8) is 0 Å². The molecule has 0 aliphatic carbocycles. The van der Waals surface area contributed by atoms with Crippen LogP contribution in [0.1, 0.15) is 16.7 Å². The van der Waals surface area contributed by atoms with Gasteiger partial charge in [-0.15, -0.1) is 0 Å². The van der Waals surface area contributed by atoms with Gasteiger partial charge in [-0.1, -0.05) is 78.9 Å². The predicted molar refractivity (Wildman–Crippen MR) is 155 cm³/mol. The van der Waals surface area contributed by atoms with Gasteiger partial charge in [0.25, 0.3) is 0 Å². The lowest BCUT2D eigenvalue weighted by molar-refractivity contribution is -0.137. The van der Waals surface area contributed by atoms with Gasteiger partial charge in [0.15, 0.2) is 0 Å². The van der Waals surface area contributed by atoms with Crippen molar-refractivity contribution in [2.24, 2.45) is 0 Å². The molecule has 0 amide bonds. The number of piperazine rings is 1. The standard InChI is InChI=1S/C32H28F3N3S/c33-32(34,35)26-16-18-27(19-17-26)36-20-22-37(23-21-36)31-29(24-10-4-1-5-11-24)30(25-12-6-2-7-13-25)39-38(31)28-14-8-3-9-15-28/h1-19,31H,20-23H2. The van der Waals surface area contributed by atoms with Gasteiger partial charge in [-0.2, -0.15) is 13.2 Å². The summed E-state index contributed by atoms with van der Waals surface area (Å²) in [4.78, 5) is 5.91. The topological polar surface area (TPSA) is 9.72 Å². The highest BCUT2D eigenvalue weighted by Crippen LogP contribution is 2.51. The van der Waals surface area contributed by atoms with E-state index in [9.17, 15) is 13.2 Å². The van der Waals surface area contributed by atoms with Gasteiger partial charge in [0.05, 0.1) is 5.56 Å². The number of anilines is 2. The van der Waals surface area contributed by atoms with E-state index in [4.69, 9.17) is 0 Å². The third kappa shape index (κ3) is 5.29. The second-order valence-corrected chi connectivity index (χ2v) is 10.7. The molecule has 39 heavy (non-hydrogen) atoms. The van der Waals surface area contributed by atoms with Crippen molar-refractivity contribution in [3.8, 4) is 0 Å². The Bertz CT molecular complexity index is 1420. The molecule has 2 aliphatic rings. The van der Waals surface area contributed by atoms with Crippen LogP contribution in [0.5, 0.6) is 0 Å². The molecule has 2 heterocycles. The fraction of sp³-hybridized carbons (Fsp3) is 0.188. The lowest BCUT2D eigenvalue weighted by atomic mass is 9.98.